The SMILES string of the molecule is CC1C2C=C[C@@]3(C)c4ccccc4CC(C3C2)N1CCc1cccc(N)c1. The van der Waals surface area contributed by atoms with Crippen molar-refractivity contribution >= 4 is 5.69 Å². The molecule has 0 radical (unpaired) electrons. The van der Waals surface area contributed by atoms with Crippen molar-refractivity contribution < 1.29 is 0 Å². The number of hydrogen-bond acceptors (Lipinski definition) is 2. The van der Waals surface area contributed by atoms with E-state index in [1.54, 1.807) is 11.1 Å². The molecular formula is C25H30N2. The summed E-state index contributed by atoms with van der Waals surface area (Å²) in [6.07, 6.45) is 8.67. The lowest BCUT2D eigenvalue weighted by Crippen LogP contribution is -2.62. The summed E-state index contributed by atoms with van der Waals surface area (Å²) in [7, 11) is 0. The Hall–Kier alpha value is -2.06. The maximum absolute atomic E-state index is 6.00. The summed E-state index contributed by atoms with van der Waals surface area (Å²) < 4.78 is 0. The van der Waals surface area contributed by atoms with Gasteiger partial charge in [-0.1, -0.05) is 55.5 Å². The quantitative estimate of drug-likeness (QED) is 0.642. The number of anilines is 1. The van der Waals surface area contributed by atoms with Crippen molar-refractivity contribution in [3.8, 4) is 0 Å². The Balaban J connectivity index is 1.49. The van der Waals surface area contributed by atoms with E-state index >= 15 is 0 Å². The third-order valence-electron chi connectivity index (χ3n) is 7.66. The normalized spacial score (nSPS) is 34.3. The highest BCUT2D eigenvalue weighted by Gasteiger charge is 2.52. The van der Waals surface area contributed by atoms with E-state index in [9.17, 15) is 0 Å². The minimum Gasteiger partial charge on any atom is -0.399 e. The van der Waals surface area contributed by atoms with E-state index in [4.69, 9.17) is 5.73 Å². The van der Waals surface area contributed by atoms with E-state index < -0.39 is 0 Å². The molecule has 2 aromatic rings. The van der Waals surface area contributed by atoms with Crippen LogP contribution in [0.1, 0.15) is 37.0 Å². The zero-order valence-corrected chi connectivity index (χ0v) is 16.4. The number of benzene rings is 2. The summed E-state index contributed by atoms with van der Waals surface area (Å²) >= 11 is 0. The van der Waals surface area contributed by atoms with Gasteiger partial charge in [0, 0.05) is 29.7 Å². The largest absolute Gasteiger partial charge is 0.399 e. The van der Waals surface area contributed by atoms with Crippen LogP contribution in [0.4, 0.5) is 5.69 Å². The Morgan fingerprint density at radius 3 is 2.85 bits per heavy atom. The number of nitrogen functional groups attached to an aromatic ring is 1. The first-order valence-corrected chi connectivity index (χ1v) is 10.4. The zero-order valence-electron chi connectivity index (χ0n) is 16.4. The minimum absolute atomic E-state index is 0.186. The van der Waals surface area contributed by atoms with Gasteiger partial charge in [0.25, 0.3) is 0 Å². The molecule has 3 aliphatic rings. The van der Waals surface area contributed by atoms with Gasteiger partial charge in [-0.3, -0.25) is 4.90 Å². The molecule has 0 aromatic heterocycles. The summed E-state index contributed by atoms with van der Waals surface area (Å²) in [5.74, 6) is 1.41. The first-order chi connectivity index (χ1) is 13.1. The molecule has 2 bridgehead atoms. The van der Waals surface area contributed by atoms with Crippen molar-refractivity contribution in [2.24, 2.45) is 11.8 Å². The van der Waals surface area contributed by atoms with E-state index in [-0.39, 0.29) is 5.41 Å². The Kier molecular flexibility index (Phi) is 3.94. The van der Waals surface area contributed by atoms with E-state index in [1.165, 1.54) is 18.4 Å². The molecule has 2 aromatic carbocycles. The number of piperidine rings is 1. The van der Waals surface area contributed by atoms with E-state index in [0.717, 1.165) is 24.6 Å². The fraction of sp³-hybridized carbons (Fsp3) is 0.440. The van der Waals surface area contributed by atoms with Crippen LogP contribution in [0.5, 0.6) is 0 Å². The predicted molar refractivity (Wildman–Crippen MR) is 113 cm³/mol. The summed E-state index contributed by atoms with van der Waals surface area (Å²) in [5, 5.41) is 0. The molecule has 1 saturated heterocycles. The smallest absolute Gasteiger partial charge is 0.0316 e. The maximum atomic E-state index is 6.00. The Morgan fingerprint density at radius 2 is 2.00 bits per heavy atom. The van der Waals surface area contributed by atoms with Gasteiger partial charge in [0.2, 0.25) is 0 Å². The molecule has 2 aliphatic carbocycles. The second kappa shape index (κ2) is 6.24. The third kappa shape index (κ3) is 2.65. The minimum atomic E-state index is 0.186. The molecule has 1 heterocycles. The highest BCUT2D eigenvalue weighted by molar-refractivity contribution is 5.45. The number of fused-ring (bicyclic) bond motifs is 3. The molecule has 0 spiro atoms. The van der Waals surface area contributed by atoms with Crippen LogP contribution in [0.15, 0.2) is 60.7 Å². The number of nitrogens with zero attached hydrogens (tertiary/aromatic N) is 1. The molecule has 5 rings (SSSR count). The molecule has 1 aliphatic heterocycles. The van der Waals surface area contributed by atoms with Crippen LogP contribution in [0, 0.1) is 11.8 Å². The first-order valence-electron chi connectivity index (χ1n) is 10.4. The van der Waals surface area contributed by atoms with Crippen LogP contribution in [-0.4, -0.2) is 23.5 Å². The van der Waals surface area contributed by atoms with Crippen molar-refractivity contribution in [2.45, 2.75) is 50.6 Å². The highest BCUT2D eigenvalue weighted by atomic mass is 15.2. The topological polar surface area (TPSA) is 29.3 Å². The van der Waals surface area contributed by atoms with Gasteiger partial charge >= 0.3 is 0 Å². The van der Waals surface area contributed by atoms with Crippen LogP contribution in [0.3, 0.4) is 0 Å². The van der Waals surface area contributed by atoms with E-state index in [2.05, 4.69) is 73.4 Å². The molecule has 4 unspecified atom stereocenters. The lowest BCUT2D eigenvalue weighted by molar-refractivity contribution is -0.0140. The first kappa shape index (κ1) is 17.1. The number of allylic oxidation sites excluding steroid dienone is 1. The fourth-order valence-corrected chi connectivity index (χ4v) is 6.13. The molecule has 2 N–H and O–H groups in total. The number of nitrogens with two attached hydrogens (primary N) is 1. The van der Waals surface area contributed by atoms with Crippen molar-refractivity contribution in [1.29, 1.82) is 0 Å². The second-order valence-corrected chi connectivity index (χ2v) is 9.05. The van der Waals surface area contributed by atoms with Crippen molar-refractivity contribution in [2.75, 3.05) is 12.3 Å². The van der Waals surface area contributed by atoms with Crippen LogP contribution < -0.4 is 5.73 Å². The second-order valence-electron chi connectivity index (χ2n) is 9.05. The Labute approximate surface area is 163 Å². The average Bonchev–Trinajstić information content (AvgIpc) is 2.67. The number of hydrogen-bond donors (Lipinski definition) is 1. The summed E-state index contributed by atoms with van der Waals surface area (Å²) in [6, 6.07) is 18.8. The van der Waals surface area contributed by atoms with Gasteiger partial charge in [-0.15, -0.1) is 0 Å². The fourth-order valence-electron chi connectivity index (χ4n) is 6.13. The molecule has 2 heteroatoms. The number of rotatable bonds is 3. The summed E-state index contributed by atoms with van der Waals surface area (Å²) in [5.41, 5.74) is 11.5. The van der Waals surface area contributed by atoms with E-state index in [0.29, 0.717) is 18.0 Å². The van der Waals surface area contributed by atoms with Gasteiger partial charge in [0.05, 0.1) is 0 Å². The van der Waals surface area contributed by atoms with Gasteiger partial charge in [0.1, 0.15) is 0 Å². The molecule has 140 valence electrons. The molecule has 5 atom stereocenters. The van der Waals surface area contributed by atoms with Gasteiger partial charge in [0.15, 0.2) is 0 Å². The van der Waals surface area contributed by atoms with E-state index in [1.807, 2.05) is 6.07 Å². The molecule has 1 fully saturated rings. The molecular weight excluding hydrogens is 328 g/mol. The Morgan fingerprint density at radius 1 is 1.15 bits per heavy atom. The zero-order chi connectivity index (χ0) is 18.6. The number of likely N-dealkylation sites (tertiary alicyclic amines) is 1. The van der Waals surface area contributed by atoms with Crippen LogP contribution in [0.2, 0.25) is 0 Å². The maximum Gasteiger partial charge on any atom is 0.0316 e. The van der Waals surface area contributed by atoms with Gasteiger partial charge < -0.3 is 5.73 Å². The van der Waals surface area contributed by atoms with Crippen molar-refractivity contribution in [3.05, 3.63) is 77.4 Å². The lowest BCUT2D eigenvalue weighted by Gasteiger charge is -2.59. The molecule has 0 amide bonds. The Bertz CT molecular complexity index is 885. The van der Waals surface area contributed by atoms with Crippen LogP contribution >= 0.6 is 0 Å². The van der Waals surface area contributed by atoms with Gasteiger partial charge in [-0.25, -0.2) is 0 Å². The predicted octanol–water partition coefficient (Wildman–Crippen LogP) is 4.59. The van der Waals surface area contributed by atoms with Crippen LogP contribution in [-0.2, 0) is 18.3 Å². The average molecular weight is 359 g/mol. The summed E-state index contributed by atoms with van der Waals surface area (Å²) in [4.78, 5) is 2.82. The molecule has 0 saturated carbocycles. The molecule has 2 nitrogen and oxygen atoms in total. The standard InChI is InChI=1S/C25H30N2/c1-17-19-10-12-25(2)22-9-4-3-7-20(22)16-24(23(25)15-19)27(17)13-11-18-6-5-8-21(26)14-18/h3-10,12,14,17,19,23-24H,11,13,15-16,26H2,1-2H3/t17?,19?,23?,24?,25-/m0/s1. The monoisotopic (exact) mass is 358 g/mol. The lowest BCUT2D eigenvalue weighted by atomic mass is 9.54. The van der Waals surface area contributed by atoms with Crippen molar-refractivity contribution in [3.63, 3.8) is 0 Å². The highest BCUT2D eigenvalue weighted by Crippen LogP contribution is 2.53. The molecule has 27 heavy (non-hydrogen) atoms. The van der Waals surface area contributed by atoms with Crippen LogP contribution in [0.25, 0.3) is 0 Å². The summed E-state index contributed by atoms with van der Waals surface area (Å²) in [6.45, 7) is 6.03. The van der Waals surface area contributed by atoms with Crippen molar-refractivity contribution in [1.82, 2.24) is 4.90 Å². The third-order valence-corrected chi connectivity index (χ3v) is 7.66. The van der Waals surface area contributed by atoms with Gasteiger partial charge in [-0.2, -0.15) is 0 Å². The van der Waals surface area contributed by atoms with Gasteiger partial charge in [-0.05, 0) is 66.8 Å².